The second-order valence-electron chi connectivity index (χ2n) is 8.18. The molecule has 3 heterocycles. The number of rotatable bonds is 8. The Morgan fingerprint density at radius 1 is 1.28 bits per heavy atom. The lowest BCUT2D eigenvalue weighted by Crippen LogP contribution is -2.48. The molecule has 0 radical (unpaired) electrons. The second-order valence-corrected chi connectivity index (χ2v) is 9.18. The molecule has 0 aliphatic carbocycles. The number of nitrogens with zero attached hydrogens (tertiary/aromatic N) is 2. The molecule has 172 valence electrons. The molecule has 0 N–H and O–H groups in total. The Morgan fingerprint density at radius 3 is 2.88 bits per heavy atom. The van der Waals surface area contributed by atoms with Gasteiger partial charge in [-0.2, -0.15) is 0 Å². The molecule has 32 heavy (non-hydrogen) atoms. The molecule has 7 nitrogen and oxygen atoms in total. The first kappa shape index (κ1) is 22.6. The van der Waals surface area contributed by atoms with Gasteiger partial charge in [-0.25, -0.2) is 0 Å². The number of hydrogen-bond donors (Lipinski definition) is 0. The van der Waals surface area contributed by atoms with E-state index in [4.69, 9.17) is 14.2 Å². The summed E-state index contributed by atoms with van der Waals surface area (Å²) in [6.07, 6.45) is 2.77. The van der Waals surface area contributed by atoms with Crippen LogP contribution >= 0.6 is 11.3 Å². The fourth-order valence-electron chi connectivity index (χ4n) is 4.33. The van der Waals surface area contributed by atoms with Crippen LogP contribution in [0.5, 0.6) is 11.5 Å². The van der Waals surface area contributed by atoms with Crippen LogP contribution in [0.4, 0.5) is 0 Å². The largest absolute Gasteiger partial charge is 0.497 e. The molecule has 0 spiro atoms. The molecule has 8 heteroatoms. The summed E-state index contributed by atoms with van der Waals surface area (Å²) in [5.74, 6) is 1.25. The number of methoxy groups -OCH3 is 1. The summed E-state index contributed by atoms with van der Waals surface area (Å²) in [6, 6.07) is 9.34. The Labute approximate surface area is 192 Å². The summed E-state index contributed by atoms with van der Waals surface area (Å²) in [5, 5.41) is 2.07. The van der Waals surface area contributed by atoms with Crippen molar-refractivity contribution in [3.8, 4) is 11.5 Å². The van der Waals surface area contributed by atoms with E-state index in [-0.39, 0.29) is 30.5 Å². The summed E-state index contributed by atoms with van der Waals surface area (Å²) in [5.41, 5.74) is 1.13. The van der Waals surface area contributed by atoms with Crippen LogP contribution in [0.15, 0.2) is 35.7 Å². The molecule has 1 saturated heterocycles. The van der Waals surface area contributed by atoms with Gasteiger partial charge in [-0.15, -0.1) is 11.3 Å². The van der Waals surface area contributed by atoms with Gasteiger partial charge in [-0.05, 0) is 48.4 Å². The molecule has 1 aromatic carbocycles. The van der Waals surface area contributed by atoms with Crippen molar-refractivity contribution in [1.29, 1.82) is 0 Å². The van der Waals surface area contributed by atoms with Gasteiger partial charge >= 0.3 is 0 Å². The summed E-state index contributed by atoms with van der Waals surface area (Å²) < 4.78 is 17.0. The number of amides is 2. The number of thiophene rings is 1. The van der Waals surface area contributed by atoms with Crippen LogP contribution in [-0.4, -0.2) is 67.7 Å². The Morgan fingerprint density at radius 2 is 2.12 bits per heavy atom. The molecule has 2 atom stereocenters. The quantitative estimate of drug-likeness (QED) is 0.607. The number of carbonyl (C=O) groups is 2. The minimum atomic E-state index is -0.194. The van der Waals surface area contributed by atoms with Crippen molar-refractivity contribution in [1.82, 2.24) is 9.80 Å². The number of hydrogen-bond acceptors (Lipinski definition) is 6. The van der Waals surface area contributed by atoms with Crippen LogP contribution in [-0.2, 0) is 20.7 Å². The Hall–Kier alpha value is -2.58. The van der Waals surface area contributed by atoms with E-state index < -0.39 is 0 Å². The van der Waals surface area contributed by atoms with Gasteiger partial charge in [0.2, 0.25) is 11.8 Å². The molecule has 1 fully saturated rings. The summed E-state index contributed by atoms with van der Waals surface area (Å²) in [6.45, 7) is 3.71. The van der Waals surface area contributed by atoms with Crippen molar-refractivity contribution in [2.45, 2.75) is 38.3 Å². The average Bonchev–Trinajstić information content (AvgIpc) is 3.49. The highest BCUT2D eigenvalue weighted by atomic mass is 32.1. The lowest BCUT2D eigenvalue weighted by Gasteiger charge is -2.37. The maximum Gasteiger partial charge on any atom is 0.242 e. The van der Waals surface area contributed by atoms with Crippen LogP contribution < -0.4 is 9.47 Å². The smallest absolute Gasteiger partial charge is 0.242 e. The van der Waals surface area contributed by atoms with Crippen LogP contribution in [0.1, 0.15) is 36.2 Å². The van der Waals surface area contributed by atoms with E-state index in [0.717, 1.165) is 37.2 Å². The lowest BCUT2D eigenvalue weighted by molar-refractivity contribution is -0.142. The van der Waals surface area contributed by atoms with E-state index in [9.17, 15) is 9.59 Å². The first-order valence-corrected chi connectivity index (χ1v) is 11.9. The summed E-state index contributed by atoms with van der Waals surface area (Å²) in [7, 11) is 1.62. The molecule has 2 aliphatic heterocycles. The highest BCUT2D eigenvalue weighted by Crippen LogP contribution is 2.34. The van der Waals surface area contributed by atoms with Gasteiger partial charge in [0, 0.05) is 37.6 Å². The number of carbonyl (C=O) groups excluding carboxylic acids is 2. The lowest BCUT2D eigenvalue weighted by atomic mass is 10.0. The van der Waals surface area contributed by atoms with Crippen molar-refractivity contribution in [2.24, 2.45) is 0 Å². The first-order valence-electron chi connectivity index (χ1n) is 11.0. The zero-order valence-electron chi connectivity index (χ0n) is 18.6. The Kier molecular flexibility index (Phi) is 7.32. The van der Waals surface area contributed by atoms with Crippen molar-refractivity contribution in [3.05, 3.63) is 46.2 Å². The van der Waals surface area contributed by atoms with Crippen molar-refractivity contribution < 1.29 is 23.8 Å². The van der Waals surface area contributed by atoms with Crippen LogP contribution in [0.3, 0.4) is 0 Å². The zero-order chi connectivity index (χ0) is 22.5. The SMILES string of the molecule is COc1cccc(OC[C@@H]2c3ccsc3CCN2C(=O)CN(C[C@@H]2CCCO2)C(C)=O)c1. The van der Waals surface area contributed by atoms with Crippen LogP contribution in [0, 0.1) is 0 Å². The standard InChI is InChI=1S/C24H30N2O5S/c1-17(27)25(14-20-7-4-11-30-20)15-24(28)26-10-8-23-21(9-12-32-23)22(26)16-31-19-6-3-5-18(13-19)29-2/h3,5-6,9,12-13,20,22H,4,7-8,10-11,14-16H2,1-2H3/t20-,22+/m0/s1. The summed E-state index contributed by atoms with van der Waals surface area (Å²) >= 11 is 1.72. The number of ether oxygens (including phenoxy) is 3. The fourth-order valence-corrected chi connectivity index (χ4v) is 5.26. The molecule has 1 aromatic heterocycles. The molecule has 0 unspecified atom stereocenters. The number of fused-ring (bicyclic) bond motifs is 1. The van der Waals surface area contributed by atoms with Gasteiger partial charge in [0.25, 0.3) is 0 Å². The highest BCUT2D eigenvalue weighted by Gasteiger charge is 2.33. The number of benzene rings is 1. The van der Waals surface area contributed by atoms with Gasteiger partial charge in [0.15, 0.2) is 0 Å². The van der Waals surface area contributed by atoms with Crippen molar-refractivity contribution in [3.63, 3.8) is 0 Å². The molecule has 2 aliphatic rings. The topological polar surface area (TPSA) is 68.3 Å². The Balaban J connectivity index is 1.47. The van der Waals surface area contributed by atoms with E-state index in [2.05, 4.69) is 11.4 Å². The van der Waals surface area contributed by atoms with Gasteiger partial charge in [-0.1, -0.05) is 6.07 Å². The minimum Gasteiger partial charge on any atom is -0.497 e. The Bertz CT molecular complexity index is 940. The molecule has 0 bridgehead atoms. The molecule has 0 saturated carbocycles. The zero-order valence-corrected chi connectivity index (χ0v) is 19.4. The van der Waals surface area contributed by atoms with Crippen LogP contribution in [0.25, 0.3) is 0 Å². The van der Waals surface area contributed by atoms with E-state index in [1.165, 1.54) is 11.8 Å². The van der Waals surface area contributed by atoms with Gasteiger partial charge in [0.1, 0.15) is 18.1 Å². The average molecular weight is 459 g/mol. The fraction of sp³-hybridized carbons (Fsp3) is 0.500. The predicted octanol–water partition coefficient (Wildman–Crippen LogP) is 3.29. The monoisotopic (exact) mass is 458 g/mol. The maximum atomic E-state index is 13.4. The summed E-state index contributed by atoms with van der Waals surface area (Å²) in [4.78, 5) is 30.3. The maximum absolute atomic E-state index is 13.4. The van der Waals surface area contributed by atoms with Gasteiger partial charge < -0.3 is 24.0 Å². The molecular formula is C24H30N2O5S. The first-order chi connectivity index (χ1) is 15.5. The van der Waals surface area contributed by atoms with E-state index in [1.54, 1.807) is 23.3 Å². The third kappa shape index (κ3) is 5.24. The highest BCUT2D eigenvalue weighted by molar-refractivity contribution is 7.10. The van der Waals surface area contributed by atoms with E-state index >= 15 is 0 Å². The molecular weight excluding hydrogens is 428 g/mol. The minimum absolute atomic E-state index is 0.0173. The third-order valence-corrected chi connectivity index (χ3v) is 7.08. The third-order valence-electron chi connectivity index (χ3n) is 6.08. The van der Waals surface area contributed by atoms with Gasteiger partial charge in [-0.3, -0.25) is 9.59 Å². The molecule has 2 amide bonds. The van der Waals surface area contributed by atoms with Crippen molar-refractivity contribution in [2.75, 3.05) is 40.0 Å². The predicted molar refractivity (Wildman–Crippen MR) is 122 cm³/mol. The van der Waals surface area contributed by atoms with E-state index in [0.29, 0.717) is 25.4 Å². The second kappa shape index (κ2) is 10.4. The van der Waals surface area contributed by atoms with E-state index in [1.807, 2.05) is 29.2 Å². The van der Waals surface area contributed by atoms with Gasteiger partial charge in [0.05, 0.1) is 25.8 Å². The van der Waals surface area contributed by atoms with Crippen LogP contribution in [0.2, 0.25) is 0 Å². The normalized spacial score (nSPS) is 20.0. The van der Waals surface area contributed by atoms with Crippen molar-refractivity contribution >= 4 is 23.2 Å². The molecule has 2 aromatic rings. The molecule has 4 rings (SSSR count).